The second-order valence-electron chi connectivity index (χ2n) is 7.78. The summed E-state index contributed by atoms with van der Waals surface area (Å²) in [5, 5.41) is 3.17. The summed E-state index contributed by atoms with van der Waals surface area (Å²) in [4.78, 5) is 14.9. The van der Waals surface area contributed by atoms with Crippen molar-refractivity contribution >= 4 is 15.7 Å². The maximum Gasteiger partial charge on any atom is 0.244 e. The number of sulfone groups is 1. The van der Waals surface area contributed by atoms with E-state index in [0.29, 0.717) is 44.9 Å². The largest absolute Gasteiger partial charge is 0.341 e. The lowest BCUT2D eigenvalue weighted by atomic mass is 9.89. The van der Waals surface area contributed by atoms with Gasteiger partial charge in [-0.05, 0) is 63.1 Å². The Kier molecular flexibility index (Phi) is 6.03. The van der Waals surface area contributed by atoms with Gasteiger partial charge in [0.05, 0.1) is 0 Å². The van der Waals surface area contributed by atoms with Crippen LogP contribution < -0.4 is 5.32 Å². The van der Waals surface area contributed by atoms with Crippen LogP contribution in [0.15, 0.2) is 30.3 Å². The van der Waals surface area contributed by atoms with Crippen molar-refractivity contribution in [2.24, 2.45) is 5.92 Å². The zero-order valence-electron chi connectivity index (χ0n) is 15.6. The van der Waals surface area contributed by atoms with Gasteiger partial charge in [0.2, 0.25) is 5.91 Å². The molecule has 0 radical (unpaired) electrons. The number of benzene rings is 1. The van der Waals surface area contributed by atoms with Crippen LogP contribution in [0.3, 0.4) is 0 Å². The highest BCUT2D eigenvalue weighted by Crippen LogP contribution is 2.32. The van der Waals surface area contributed by atoms with E-state index in [2.05, 4.69) is 29.6 Å². The van der Waals surface area contributed by atoms with E-state index in [0.717, 1.165) is 25.7 Å². The third-order valence-electron chi connectivity index (χ3n) is 6.10. The fourth-order valence-electron chi connectivity index (χ4n) is 4.30. The third kappa shape index (κ3) is 4.12. The van der Waals surface area contributed by atoms with Crippen molar-refractivity contribution in [3.63, 3.8) is 0 Å². The molecule has 3 rings (SSSR count). The van der Waals surface area contributed by atoms with Crippen LogP contribution in [0, 0.1) is 5.92 Å². The van der Waals surface area contributed by atoms with Crippen molar-refractivity contribution in [2.45, 2.75) is 43.3 Å². The lowest BCUT2D eigenvalue weighted by Crippen LogP contribution is -2.59. The van der Waals surface area contributed by atoms with Crippen molar-refractivity contribution in [2.75, 3.05) is 32.4 Å². The van der Waals surface area contributed by atoms with E-state index in [4.69, 9.17) is 0 Å². The molecule has 1 aromatic carbocycles. The lowest BCUT2D eigenvalue weighted by molar-refractivity contribution is -0.136. The number of rotatable bonds is 5. The molecular formula is C20H30N2O3S. The highest BCUT2D eigenvalue weighted by Gasteiger charge is 2.50. The monoisotopic (exact) mass is 378 g/mol. The number of hydrogen-bond acceptors (Lipinski definition) is 4. The molecule has 2 heterocycles. The minimum absolute atomic E-state index is 0.164. The molecule has 0 unspecified atom stereocenters. The molecule has 2 saturated heterocycles. The van der Waals surface area contributed by atoms with Gasteiger partial charge < -0.3 is 10.2 Å². The first-order chi connectivity index (χ1) is 12.4. The molecular weight excluding hydrogens is 348 g/mol. The molecule has 144 valence electrons. The Labute approximate surface area is 157 Å². The summed E-state index contributed by atoms with van der Waals surface area (Å²) in [5.74, 6) is 0.449. The predicted octanol–water partition coefficient (Wildman–Crippen LogP) is 2.02. The van der Waals surface area contributed by atoms with Crippen LogP contribution in [-0.4, -0.2) is 56.4 Å². The highest BCUT2D eigenvalue weighted by molar-refractivity contribution is 7.92. The summed E-state index contributed by atoms with van der Waals surface area (Å²) in [7, 11) is -3.43. The van der Waals surface area contributed by atoms with E-state index >= 15 is 0 Å². The number of hydrogen-bond donors (Lipinski definition) is 1. The van der Waals surface area contributed by atoms with Gasteiger partial charge in [-0.25, -0.2) is 8.42 Å². The Morgan fingerprint density at radius 2 is 1.77 bits per heavy atom. The van der Waals surface area contributed by atoms with E-state index in [1.807, 2.05) is 11.0 Å². The molecule has 5 nitrogen and oxygen atoms in total. The average molecular weight is 379 g/mol. The summed E-state index contributed by atoms with van der Waals surface area (Å²) < 4.78 is 23.7. The first kappa shape index (κ1) is 19.4. The van der Waals surface area contributed by atoms with Gasteiger partial charge in [-0.3, -0.25) is 4.79 Å². The fourth-order valence-corrected chi connectivity index (χ4v) is 5.69. The molecule has 0 aliphatic carbocycles. The third-order valence-corrected chi connectivity index (χ3v) is 8.10. The smallest absolute Gasteiger partial charge is 0.244 e. The van der Waals surface area contributed by atoms with Crippen LogP contribution >= 0.6 is 0 Å². The van der Waals surface area contributed by atoms with Crippen LogP contribution in [-0.2, 0) is 21.1 Å². The van der Waals surface area contributed by atoms with Gasteiger partial charge in [0.25, 0.3) is 0 Å². The Balaban J connectivity index is 1.57. The van der Waals surface area contributed by atoms with Crippen molar-refractivity contribution < 1.29 is 13.2 Å². The molecule has 0 atom stereocenters. The quantitative estimate of drug-likeness (QED) is 0.851. The first-order valence-electron chi connectivity index (χ1n) is 9.66. The molecule has 0 bridgehead atoms. The Hall–Kier alpha value is -1.40. The molecule has 0 aromatic heterocycles. The van der Waals surface area contributed by atoms with Crippen molar-refractivity contribution in [3.8, 4) is 0 Å². The molecule has 0 spiro atoms. The van der Waals surface area contributed by atoms with E-state index in [1.165, 1.54) is 11.8 Å². The molecule has 2 aliphatic heterocycles. The van der Waals surface area contributed by atoms with Gasteiger partial charge >= 0.3 is 0 Å². The number of carbonyl (C=O) groups is 1. The SMILES string of the molecule is CS(=O)(=O)C1(C(=O)N2CCC(CCc3ccccc3)CC2)CCNCC1. The van der Waals surface area contributed by atoms with Crippen LogP contribution in [0.25, 0.3) is 0 Å². The van der Waals surface area contributed by atoms with Crippen molar-refractivity contribution in [1.29, 1.82) is 0 Å². The lowest BCUT2D eigenvalue weighted by Gasteiger charge is -2.41. The Bertz CT molecular complexity index is 704. The van der Waals surface area contributed by atoms with Crippen LogP contribution in [0.1, 0.15) is 37.7 Å². The molecule has 2 aliphatic rings. The molecule has 1 amide bonds. The number of piperidine rings is 2. The van der Waals surface area contributed by atoms with Crippen molar-refractivity contribution in [3.05, 3.63) is 35.9 Å². The fraction of sp³-hybridized carbons (Fsp3) is 0.650. The standard InChI is InChI=1S/C20H30N2O3S/c1-26(24,25)20(11-13-21-14-12-20)19(23)22-15-9-18(10-16-22)8-7-17-5-3-2-4-6-17/h2-6,18,21H,7-16H2,1H3. The highest BCUT2D eigenvalue weighted by atomic mass is 32.2. The Morgan fingerprint density at radius 1 is 1.15 bits per heavy atom. The second kappa shape index (κ2) is 8.09. The van der Waals surface area contributed by atoms with Crippen LogP contribution in [0.2, 0.25) is 0 Å². The van der Waals surface area contributed by atoms with Gasteiger partial charge in [-0.1, -0.05) is 30.3 Å². The molecule has 1 N–H and O–H groups in total. The van der Waals surface area contributed by atoms with E-state index < -0.39 is 14.6 Å². The van der Waals surface area contributed by atoms with Gasteiger partial charge in [0, 0.05) is 19.3 Å². The zero-order valence-corrected chi connectivity index (χ0v) is 16.4. The number of likely N-dealkylation sites (tertiary alicyclic amines) is 1. The Morgan fingerprint density at radius 3 is 2.35 bits per heavy atom. The van der Waals surface area contributed by atoms with Gasteiger partial charge in [-0.15, -0.1) is 0 Å². The molecule has 6 heteroatoms. The zero-order chi connectivity index (χ0) is 18.6. The first-order valence-corrected chi connectivity index (χ1v) is 11.6. The molecule has 1 aromatic rings. The molecule has 0 saturated carbocycles. The minimum atomic E-state index is -3.43. The summed E-state index contributed by atoms with van der Waals surface area (Å²) in [5.41, 5.74) is 1.36. The van der Waals surface area contributed by atoms with Gasteiger partial charge in [0.15, 0.2) is 14.6 Å². The minimum Gasteiger partial charge on any atom is -0.341 e. The van der Waals surface area contributed by atoms with E-state index in [1.54, 1.807) is 0 Å². The number of nitrogens with one attached hydrogen (secondary N) is 1. The molecule has 2 fully saturated rings. The van der Waals surface area contributed by atoms with Gasteiger partial charge in [0.1, 0.15) is 0 Å². The van der Waals surface area contributed by atoms with Gasteiger partial charge in [-0.2, -0.15) is 0 Å². The maximum atomic E-state index is 13.1. The maximum absolute atomic E-state index is 13.1. The van der Waals surface area contributed by atoms with E-state index in [9.17, 15) is 13.2 Å². The second-order valence-corrected chi connectivity index (χ2v) is 10.1. The summed E-state index contributed by atoms with van der Waals surface area (Å²) >= 11 is 0. The predicted molar refractivity (Wildman–Crippen MR) is 104 cm³/mol. The number of aryl methyl sites for hydroxylation is 1. The summed E-state index contributed by atoms with van der Waals surface area (Å²) in [6.07, 6.45) is 6.14. The number of nitrogens with zero attached hydrogens (tertiary/aromatic N) is 1. The number of amides is 1. The average Bonchev–Trinajstić information content (AvgIpc) is 2.67. The summed E-state index contributed by atoms with van der Waals surface area (Å²) in [6, 6.07) is 10.5. The van der Waals surface area contributed by atoms with Crippen LogP contribution in [0.5, 0.6) is 0 Å². The normalized spacial score (nSPS) is 21.5. The molecule has 26 heavy (non-hydrogen) atoms. The number of carbonyl (C=O) groups excluding carboxylic acids is 1. The van der Waals surface area contributed by atoms with Crippen LogP contribution in [0.4, 0.5) is 0 Å². The summed E-state index contributed by atoms with van der Waals surface area (Å²) in [6.45, 7) is 2.55. The topological polar surface area (TPSA) is 66.5 Å². The van der Waals surface area contributed by atoms with Crippen molar-refractivity contribution in [1.82, 2.24) is 10.2 Å². The van der Waals surface area contributed by atoms with E-state index in [-0.39, 0.29) is 5.91 Å².